The molecule has 0 bridgehead atoms. The molecule has 1 atom stereocenters. The number of hydrogen-bond donors (Lipinski definition) is 0. The summed E-state index contributed by atoms with van der Waals surface area (Å²) in [4.78, 5) is 13.0. The van der Waals surface area contributed by atoms with Gasteiger partial charge in [0.05, 0.1) is 11.8 Å². The molecule has 3 nitrogen and oxygen atoms in total. The number of carbonyl (C=O) groups is 1. The van der Waals surface area contributed by atoms with Crippen molar-refractivity contribution in [1.82, 2.24) is 5.01 Å². The van der Waals surface area contributed by atoms with Crippen LogP contribution in [0.4, 0.5) is 0 Å². The zero-order valence-corrected chi connectivity index (χ0v) is 16.8. The van der Waals surface area contributed by atoms with Gasteiger partial charge in [-0.05, 0) is 34.9 Å². The molecule has 1 aliphatic heterocycles. The van der Waals surface area contributed by atoms with Gasteiger partial charge in [0.15, 0.2) is 0 Å². The number of halogens is 1. The number of amides is 1. The smallest absolute Gasteiger partial charge is 0.267 e. The first kappa shape index (κ1) is 18.4. The van der Waals surface area contributed by atoms with Gasteiger partial charge in [0.2, 0.25) is 0 Å². The van der Waals surface area contributed by atoms with Gasteiger partial charge in [-0.25, -0.2) is 5.01 Å². The van der Waals surface area contributed by atoms with Crippen LogP contribution in [0.15, 0.2) is 101 Å². The van der Waals surface area contributed by atoms with E-state index in [1.165, 1.54) is 0 Å². The summed E-state index contributed by atoms with van der Waals surface area (Å²) >= 11 is 3.48. The van der Waals surface area contributed by atoms with Gasteiger partial charge in [0, 0.05) is 17.0 Å². The average molecular weight is 431 g/mol. The molecule has 0 aliphatic carbocycles. The minimum Gasteiger partial charge on any atom is -0.268 e. The van der Waals surface area contributed by atoms with Crippen LogP contribution in [0.25, 0.3) is 6.08 Å². The normalized spacial score (nSPS) is 16.4. The molecule has 0 N–H and O–H groups in total. The van der Waals surface area contributed by atoms with Crippen molar-refractivity contribution in [3.63, 3.8) is 0 Å². The maximum atomic E-state index is 13.0. The van der Waals surface area contributed by atoms with E-state index >= 15 is 0 Å². The Bertz CT molecular complexity index is 1010. The molecule has 4 rings (SSSR count). The van der Waals surface area contributed by atoms with E-state index in [0.29, 0.717) is 6.42 Å². The molecule has 3 aromatic carbocycles. The van der Waals surface area contributed by atoms with Gasteiger partial charge in [-0.1, -0.05) is 88.7 Å². The van der Waals surface area contributed by atoms with Crippen LogP contribution in [0, 0.1) is 0 Å². The second-order valence-electron chi connectivity index (χ2n) is 6.61. The highest BCUT2D eigenvalue weighted by atomic mass is 79.9. The fourth-order valence-corrected chi connectivity index (χ4v) is 3.54. The summed E-state index contributed by atoms with van der Waals surface area (Å²) < 4.78 is 1.01. The van der Waals surface area contributed by atoms with Gasteiger partial charge in [-0.15, -0.1) is 0 Å². The van der Waals surface area contributed by atoms with Crippen LogP contribution < -0.4 is 0 Å². The van der Waals surface area contributed by atoms with Crippen LogP contribution in [0.1, 0.15) is 29.2 Å². The predicted molar refractivity (Wildman–Crippen MR) is 117 cm³/mol. The molecule has 0 fully saturated rings. The third kappa shape index (κ3) is 4.12. The lowest BCUT2D eigenvalue weighted by Gasteiger charge is -2.20. The van der Waals surface area contributed by atoms with Crippen molar-refractivity contribution in [2.24, 2.45) is 5.10 Å². The molecule has 4 heteroatoms. The first-order valence-electron chi connectivity index (χ1n) is 9.15. The fourth-order valence-electron chi connectivity index (χ4n) is 3.27. The van der Waals surface area contributed by atoms with Crippen LogP contribution >= 0.6 is 15.9 Å². The summed E-state index contributed by atoms with van der Waals surface area (Å²) in [6, 6.07) is 27.8. The summed E-state index contributed by atoms with van der Waals surface area (Å²) in [6.45, 7) is 0. The summed E-state index contributed by atoms with van der Waals surface area (Å²) in [5.74, 6) is -0.122. The van der Waals surface area contributed by atoms with E-state index in [-0.39, 0.29) is 11.9 Å². The molecule has 0 aromatic heterocycles. The van der Waals surface area contributed by atoms with E-state index in [2.05, 4.69) is 21.0 Å². The monoisotopic (exact) mass is 430 g/mol. The lowest BCUT2D eigenvalue weighted by molar-refractivity contribution is -0.127. The molecule has 1 heterocycles. The number of rotatable bonds is 4. The largest absolute Gasteiger partial charge is 0.268 e. The highest BCUT2D eigenvalue weighted by Crippen LogP contribution is 2.33. The SMILES string of the molecule is O=C(/C=C/c1ccccc1)N1N=C(c2ccccc2)C[C@@H]1c1ccc(Br)cc1. The van der Waals surface area contributed by atoms with Crippen molar-refractivity contribution in [1.29, 1.82) is 0 Å². The third-order valence-electron chi connectivity index (χ3n) is 4.72. The van der Waals surface area contributed by atoms with Crippen molar-refractivity contribution in [3.05, 3.63) is 112 Å². The van der Waals surface area contributed by atoms with E-state index in [9.17, 15) is 4.79 Å². The topological polar surface area (TPSA) is 32.7 Å². The first-order valence-corrected chi connectivity index (χ1v) is 9.95. The van der Waals surface area contributed by atoms with Gasteiger partial charge in [0.1, 0.15) is 0 Å². The van der Waals surface area contributed by atoms with E-state index in [4.69, 9.17) is 0 Å². The Hall–Kier alpha value is -2.98. The Labute approximate surface area is 173 Å². The molecule has 0 saturated carbocycles. The van der Waals surface area contributed by atoms with Crippen LogP contribution in [-0.2, 0) is 4.79 Å². The van der Waals surface area contributed by atoms with Crippen LogP contribution in [0.3, 0.4) is 0 Å². The van der Waals surface area contributed by atoms with E-state index in [0.717, 1.165) is 26.9 Å². The van der Waals surface area contributed by atoms with Crippen molar-refractivity contribution < 1.29 is 4.79 Å². The van der Waals surface area contributed by atoms with Gasteiger partial charge in [0.25, 0.3) is 5.91 Å². The molecule has 0 unspecified atom stereocenters. The van der Waals surface area contributed by atoms with Gasteiger partial charge in [-0.3, -0.25) is 4.79 Å². The van der Waals surface area contributed by atoms with Crippen LogP contribution in [0.2, 0.25) is 0 Å². The van der Waals surface area contributed by atoms with Crippen LogP contribution in [-0.4, -0.2) is 16.6 Å². The van der Waals surface area contributed by atoms with Crippen molar-refractivity contribution in [2.45, 2.75) is 12.5 Å². The number of nitrogens with zero attached hydrogens (tertiary/aromatic N) is 2. The molecular weight excluding hydrogens is 412 g/mol. The van der Waals surface area contributed by atoms with Gasteiger partial charge >= 0.3 is 0 Å². The predicted octanol–water partition coefficient (Wildman–Crippen LogP) is 5.84. The Morgan fingerprint density at radius 3 is 2.25 bits per heavy atom. The first-order chi connectivity index (χ1) is 13.7. The van der Waals surface area contributed by atoms with Crippen LogP contribution in [0.5, 0.6) is 0 Å². The van der Waals surface area contributed by atoms with E-state index in [1.807, 2.05) is 91.0 Å². The minimum absolute atomic E-state index is 0.115. The summed E-state index contributed by atoms with van der Waals surface area (Å²) in [7, 11) is 0. The molecule has 0 saturated heterocycles. The minimum atomic E-state index is -0.122. The highest BCUT2D eigenvalue weighted by molar-refractivity contribution is 9.10. The molecule has 1 amide bonds. The Morgan fingerprint density at radius 1 is 0.929 bits per heavy atom. The number of carbonyl (C=O) groups excluding carboxylic acids is 1. The van der Waals surface area contributed by atoms with E-state index in [1.54, 1.807) is 11.1 Å². The molecular formula is C24H19BrN2O. The standard InChI is InChI=1S/C24H19BrN2O/c25-21-14-12-20(13-15-21)23-17-22(19-9-5-2-6-10-19)26-27(23)24(28)16-11-18-7-3-1-4-8-18/h1-16,23H,17H2/b16-11+/t23-/m1/s1. The lowest BCUT2D eigenvalue weighted by atomic mass is 9.98. The van der Waals surface area contributed by atoms with Crippen molar-refractivity contribution in [2.75, 3.05) is 0 Å². The molecule has 28 heavy (non-hydrogen) atoms. The Morgan fingerprint density at radius 2 is 1.57 bits per heavy atom. The molecule has 0 radical (unpaired) electrons. The zero-order valence-electron chi connectivity index (χ0n) is 15.2. The molecule has 1 aliphatic rings. The van der Waals surface area contributed by atoms with E-state index < -0.39 is 0 Å². The molecule has 138 valence electrons. The quantitative estimate of drug-likeness (QED) is 0.478. The zero-order chi connectivity index (χ0) is 19.3. The van der Waals surface area contributed by atoms with Crippen molar-refractivity contribution in [3.8, 4) is 0 Å². The fraction of sp³-hybridized carbons (Fsp3) is 0.0833. The van der Waals surface area contributed by atoms with Gasteiger partial charge in [-0.2, -0.15) is 5.10 Å². The lowest BCUT2D eigenvalue weighted by Crippen LogP contribution is -2.25. The highest BCUT2D eigenvalue weighted by Gasteiger charge is 2.32. The number of hydrogen-bond acceptors (Lipinski definition) is 2. The maximum Gasteiger partial charge on any atom is 0.267 e. The number of hydrazone groups is 1. The number of benzene rings is 3. The second kappa shape index (κ2) is 8.36. The maximum absolute atomic E-state index is 13.0. The Kier molecular flexibility index (Phi) is 5.49. The summed E-state index contributed by atoms with van der Waals surface area (Å²) in [5, 5.41) is 6.29. The second-order valence-corrected chi connectivity index (χ2v) is 7.53. The third-order valence-corrected chi connectivity index (χ3v) is 5.24. The van der Waals surface area contributed by atoms with Gasteiger partial charge < -0.3 is 0 Å². The average Bonchev–Trinajstić information content (AvgIpc) is 3.19. The molecule has 3 aromatic rings. The van der Waals surface area contributed by atoms with Crippen molar-refractivity contribution >= 4 is 33.6 Å². The Balaban J connectivity index is 1.64. The summed E-state index contributed by atoms with van der Waals surface area (Å²) in [6.07, 6.45) is 4.12. The molecule has 0 spiro atoms. The summed E-state index contributed by atoms with van der Waals surface area (Å²) in [5.41, 5.74) is 4.03.